The molecule has 4 rings (SSSR count). The van der Waals surface area contributed by atoms with E-state index in [1.165, 1.54) is 4.90 Å². The number of amides is 1. The van der Waals surface area contributed by atoms with Crippen molar-refractivity contribution in [1.29, 1.82) is 0 Å². The number of anilines is 1. The number of nitrogens with one attached hydrogen (secondary N) is 1. The summed E-state index contributed by atoms with van der Waals surface area (Å²) in [5.74, 6) is -0.178. The van der Waals surface area contributed by atoms with E-state index in [0.29, 0.717) is 23.0 Å². The molecule has 0 bridgehead atoms. The van der Waals surface area contributed by atoms with E-state index in [0.717, 1.165) is 22.4 Å². The summed E-state index contributed by atoms with van der Waals surface area (Å²) in [6, 6.07) is 16.0. The number of benzene rings is 2. The molecule has 0 radical (unpaired) electrons. The molecular weight excluding hydrogens is 394 g/mol. The molecule has 150 valence electrons. The summed E-state index contributed by atoms with van der Waals surface area (Å²) >= 11 is 5.38. The Morgan fingerprint density at radius 2 is 1.83 bits per heavy atom. The van der Waals surface area contributed by atoms with Gasteiger partial charge in [0.1, 0.15) is 11.4 Å². The van der Waals surface area contributed by atoms with E-state index in [1.54, 1.807) is 22.9 Å². The lowest BCUT2D eigenvalue weighted by Gasteiger charge is -2.15. The third-order valence-corrected chi connectivity index (χ3v) is 4.90. The van der Waals surface area contributed by atoms with Gasteiger partial charge in [0.2, 0.25) is 0 Å². The molecule has 1 aromatic heterocycles. The van der Waals surface area contributed by atoms with Gasteiger partial charge in [-0.05, 0) is 67.0 Å². The van der Waals surface area contributed by atoms with Crippen molar-refractivity contribution in [1.82, 2.24) is 20.3 Å². The summed E-state index contributed by atoms with van der Waals surface area (Å²) in [6.07, 6.45) is 7.13. The molecule has 1 saturated heterocycles. The van der Waals surface area contributed by atoms with Crippen LogP contribution in [0.1, 0.15) is 22.4 Å². The lowest BCUT2D eigenvalue weighted by atomic mass is 10.1. The number of aryl methyl sites for hydroxylation is 2. The summed E-state index contributed by atoms with van der Waals surface area (Å²) in [5.41, 5.74) is 5.22. The van der Waals surface area contributed by atoms with Crippen molar-refractivity contribution < 1.29 is 4.79 Å². The first-order chi connectivity index (χ1) is 14.5. The SMILES string of the molecule is Cc1cc(C)cc(N2C(=O)/C(=C\C=C\c3cn(Cc4ccccc4)nn3)NC2=S)c1. The van der Waals surface area contributed by atoms with Crippen LogP contribution in [0.15, 0.2) is 72.6 Å². The monoisotopic (exact) mass is 415 g/mol. The fraction of sp³-hybridized carbons (Fsp3) is 0.130. The Balaban J connectivity index is 1.46. The largest absolute Gasteiger partial charge is 0.327 e. The Bertz CT molecular complexity index is 1140. The zero-order chi connectivity index (χ0) is 21.1. The van der Waals surface area contributed by atoms with Gasteiger partial charge < -0.3 is 5.32 Å². The van der Waals surface area contributed by atoms with Gasteiger partial charge in [-0.3, -0.25) is 9.69 Å². The summed E-state index contributed by atoms with van der Waals surface area (Å²) in [5, 5.41) is 11.7. The van der Waals surface area contributed by atoms with E-state index < -0.39 is 0 Å². The molecule has 6 nitrogen and oxygen atoms in total. The molecule has 0 aliphatic carbocycles. The molecule has 0 saturated carbocycles. The molecule has 30 heavy (non-hydrogen) atoms. The molecule has 2 aromatic carbocycles. The van der Waals surface area contributed by atoms with E-state index in [4.69, 9.17) is 12.2 Å². The van der Waals surface area contributed by atoms with Crippen LogP contribution in [0.4, 0.5) is 5.69 Å². The molecule has 0 unspecified atom stereocenters. The number of nitrogens with zero attached hydrogens (tertiary/aromatic N) is 4. The van der Waals surface area contributed by atoms with E-state index in [2.05, 4.69) is 21.7 Å². The van der Waals surface area contributed by atoms with Crippen LogP contribution in [0.5, 0.6) is 0 Å². The first kappa shape index (κ1) is 19.7. The van der Waals surface area contributed by atoms with Crippen LogP contribution in [0.25, 0.3) is 6.08 Å². The van der Waals surface area contributed by atoms with Crippen molar-refractivity contribution in [2.75, 3.05) is 4.90 Å². The van der Waals surface area contributed by atoms with E-state index in [1.807, 2.05) is 62.5 Å². The summed E-state index contributed by atoms with van der Waals surface area (Å²) in [4.78, 5) is 14.3. The van der Waals surface area contributed by atoms with Gasteiger partial charge in [-0.1, -0.05) is 47.7 Å². The quantitative estimate of drug-likeness (QED) is 0.508. The van der Waals surface area contributed by atoms with Gasteiger partial charge >= 0.3 is 0 Å². The molecule has 1 fully saturated rings. The molecule has 1 aliphatic rings. The molecule has 0 spiro atoms. The van der Waals surface area contributed by atoms with Crippen molar-refractivity contribution in [3.63, 3.8) is 0 Å². The Kier molecular flexibility index (Phi) is 5.54. The minimum Gasteiger partial charge on any atom is -0.327 e. The van der Waals surface area contributed by atoms with E-state index >= 15 is 0 Å². The molecule has 7 heteroatoms. The molecule has 3 aromatic rings. The molecule has 2 heterocycles. The fourth-order valence-corrected chi connectivity index (χ4v) is 3.64. The topological polar surface area (TPSA) is 63.1 Å². The second kappa shape index (κ2) is 8.42. The summed E-state index contributed by atoms with van der Waals surface area (Å²) < 4.78 is 1.78. The Hall–Kier alpha value is -3.58. The number of carbonyl (C=O) groups is 1. The Morgan fingerprint density at radius 1 is 1.10 bits per heavy atom. The second-order valence-corrected chi connectivity index (χ2v) is 7.57. The Morgan fingerprint density at radius 3 is 2.57 bits per heavy atom. The van der Waals surface area contributed by atoms with Crippen LogP contribution in [-0.2, 0) is 11.3 Å². The zero-order valence-corrected chi connectivity index (χ0v) is 17.6. The van der Waals surface area contributed by atoms with E-state index in [-0.39, 0.29) is 5.91 Å². The third kappa shape index (κ3) is 4.36. The highest BCUT2D eigenvalue weighted by Crippen LogP contribution is 2.24. The first-order valence-corrected chi connectivity index (χ1v) is 9.96. The third-order valence-electron chi connectivity index (χ3n) is 4.62. The summed E-state index contributed by atoms with van der Waals surface area (Å²) in [6.45, 7) is 4.65. The number of allylic oxidation sites excluding steroid dienone is 2. The Labute approximate surface area is 180 Å². The number of carbonyl (C=O) groups excluding carboxylic acids is 1. The van der Waals surface area contributed by atoms with Crippen LogP contribution in [0, 0.1) is 13.8 Å². The van der Waals surface area contributed by atoms with Gasteiger partial charge in [-0.15, -0.1) is 5.10 Å². The average Bonchev–Trinajstić information content (AvgIpc) is 3.25. The van der Waals surface area contributed by atoms with E-state index in [9.17, 15) is 4.79 Å². The van der Waals surface area contributed by atoms with Crippen LogP contribution < -0.4 is 10.2 Å². The van der Waals surface area contributed by atoms with Gasteiger partial charge in [-0.25, -0.2) is 4.68 Å². The average molecular weight is 416 g/mol. The lowest BCUT2D eigenvalue weighted by molar-refractivity contribution is -0.113. The minimum atomic E-state index is -0.178. The van der Waals surface area contributed by atoms with Gasteiger partial charge in [0, 0.05) is 0 Å². The fourth-order valence-electron chi connectivity index (χ4n) is 3.34. The maximum absolute atomic E-state index is 12.8. The highest BCUT2D eigenvalue weighted by atomic mass is 32.1. The van der Waals surface area contributed by atoms with Crippen LogP contribution in [-0.4, -0.2) is 26.0 Å². The molecule has 1 aliphatic heterocycles. The number of hydrogen-bond donors (Lipinski definition) is 1. The van der Waals surface area contributed by atoms with Gasteiger partial charge in [-0.2, -0.15) is 0 Å². The predicted octanol–water partition coefficient (Wildman–Crippen LogP) is 3.76. The van der Waals surface area contributed by atoms with Crippen LogP contribution >= 0.6 is 12.2 Å². The lowest BCUT2D eigenvalue weighted by Crippen LogP contribution is -2.30. The van der Waals surface area contributed by atoms with Crippen molar-refractivity contribution >= 4 is 35.0 Å². The summed E-state index contributed by atoms with van der Waals surface area (Å²) in [7, 11) is 0. The normalized spacial score (nSPS) is 15.4. The second-order valence-electron chi connectivity index (χ2n) is 7.18. The number of hydrogen-bond acceptors (Lipinski definition) is 4. The molecular formula is C23H21N5OS. The van der Waals surface area contributed by atoms with Crippen molar-refractivity contribution in [3.05, 3.63) is 95.0 Å². The maximum Gasteiger partial charge on any atom is 0.281 e. The standard InChI is InChI=1S/C23H21N5OS/c1-16-11-17(2)13-20(12-16)28-22(29)21(24-23(28)30)10-6-9-19-15-27(26-25-19)14-18-7-4-3-5-8-18/h3-13,15H,14H2,1-2H3,(H,24,30)/b9-6+,21-10+. The zero-order valence-electron chi connectivity index (χ0n) is 16.7. The van der Waals surface area contributed by atoms with Crippen molar-refractivity contribution in [2.45, 2.75) is 20.4 Å². The van der Waals surface area contributed by atoms with Gasteiger partial charge in [0.15, 0.2) is 5.11 Å². The maximum atomic E-state index is 12.8. The predicted molar refractivity (Wildman–Crippen MR) is 122 cm³/mol. The van der Waals surface area contributed by atoms with Gasteiger partial charge in [0.05, 0.1) is 18.4 Å². The van der Waals surface area contributed by atoms with Crippen LogP contribution in [0.2, 0.25) is 0 Å². The smallest absolute Gasteiger partial charge is 0.281 e. The number of thiocarbonyl (C=S) groups is 1. The number of rotatable bonds is 5. The van der Waals surface area contributed by atoms with Gasteiger partial charge in [0.25, 0.3) is 5.91 Å². The highest BCUT2D eigenvalue weighted by Gasteiger charge is 2.31. The first-order valence-electron chi connectivity index (χ1n) is 9.56. The molecule has 0 atom stereocenters. The molecule has 1 N–H and O–H groups in total. The van der Waals surface area contributed by atoms with Crippen molar-refractivity contribution in [3.8, 4) is 0 Å². The minimum absolute atomic E-state index is 0.178. The number of aromatic nitrogens is 3. The van der Waals surface area contributed by atoms with Crippen molar-refractivity contribution in [2.24, 2.45) is 0 Å². The molecule has 1 amide bonds. The highest BCUT2D eigenvalue weighted by molar-refractivity contribution is 7.80. The van der Waals surface area contributed by atoms with Crippen LogP contribution in [0.3, 0.4) is 0 Å².